The summed E-state index contributed by atoms with van der Waals surface area (Å²) in [7, 11) is 0. The number of ether oxygens (including phenoxy) is 2. The molecule has 1 unspecified atom stereocenters. The van der Waals surface area contributed by atoms with Crippen molar-refractivity contribution in [1.82, 2.24) is 10.6 Å². The third-order valence-corrected chi connectivity index (χ3v) is 5.17. The molecule has 2 N–H and O–H groups in total. The molecule has 2 aromatic rings. The molecule has 5 heteroatoms. The number of nitrogens with zero attached hydrogens (tertiary/aromatic N) is 1. The van der Waals surface area contributed by atoms with Crippen molar-refractivity contribution in [1.29, 1.82) is 0 Å². The summed E-state index contributed by atoms with van der Waals surface area (Å²) in [6, 6.07) is 18.6. The largest absolute Gasteiger partial charge is 0.373 e. The fourth-order valence-electron chi connectivity index (χ4n) is 3.46. The van der Waals surface area contributed by atoms with Gasteiger partial charge in [0.2, 0.25) is 0 Å². The van der Waals surface area contributed by atoms with Crippen LogP contribution in [0.15, 0.2) is 59.6 Å². The minimum absolute atomic E-state index is 0.0978. The molecule has 0 amide bonds. The van der Waals surface area contributed by atoms with Crippen molar-refractivity contribution in [2.24, 2.45) is 4.99 Å². The number of guanidine groups is 1. The molecule has 29 heavy (non-hydrogen) atoms. The normalized spacial score (nSPS) is 19.3. The zero-order chi connectivity index (χ0) is 20.4. The van der Waals surface area contributed by atoms with Gasteiger partial charge < -0.3 is 20.1 Å². The van der Waals surface area contributed by atoms with E-state index in [1.165, 1.54) is 16.7 Å². The van der Waals surface area contributed by atoms with Crippen molar-refractivity contribution in [2.75, 3.05) is 19.7 Å². The van der Waals surface area contributed by atoms with Crippen LogP contribution in [0.25, 0.3) is 0 Å². The van der Waals surface area contributed by atoms with E-state index in [1.807, 2.05) is 18.2 Å². The van der Waals surface area contributed by atoms with E-state index in [4.69, 9.17) is 14.5 Å². The van der Waals surface area contributed by atoms with Gasteiger partial charge in [0.1, 0.15) is 0 Å². The summed E-state index contributed by atoms with van der Waals surface area (Å²) >= 11 is 0. The third kappa shape index (κ3) is 6.87. The summed E-state index contributed by atoms with van der Waals surface area (Å²) in [5.41, 5.74) is 3.44. The fraction of sp³-hybridized carbons (Fsp3) is 0.458. The Labute approximate surface area is 174 Å². The predicted molar refractivity (Wildman–Crippen MR) is 118 cm³/mol. The van der Waals surface area contributed by atoms with E-state index in [0.29, 0.717) is 19.8 Å². The van der Waals surface area contributed by atoms with Crippen molar-refractivity contribution in [2.45, 2.75) is 52.0 Å². The first-order valence-corrected chi connectivity index (χ1v) is 10.5. The zero-order valence-corrected chi connectivity index (χ0v) is 17.6. The van der Waals surface area contributed by atoms with Crippen LogP contribution in [0.2, 0.25) is 0 Å². The summed E-state index contributed by atoms with van der Waals surface area (Å²) in [6.45, 7) is 8.48. The van der Waals surface area contributed by atoms with Gasteiger partial charge in [-0.05, 0) is 43.4 Å². The summed E-state index contributed by atoms with van der Waals surface area (Å²) in [6.07, 6.45) is 2.21. The number of hydrogen-bond donors (Lipinski definition) is 2. The Morgan fingerprint density at radius 3 is 2.52 bits per heavy atom. The summed E-state index contributed by atoms with van der Waals surface area (Å²) in [5.74, 6) is 0.823. The molecule has 1 aliphatic heterocycles. The zero-order valence-electron chi connectivity index (χ0n) is 17.6. The Kier molecular flexibility index (Phi) is 8.08. The van der Waals surface area contributed by atoms with Gasteiger partial charge in [-0.15, -0.1) is 0 Å². The van der Waals surface area contributed by atoms with Crippen LogP contribution in [0, 0.1) is 0 Å². The Hall–Kier alpha value is -2.37. The summed E-state index contributed by atoms with van der Waals surface area (Å²) in [5, 5.41) is 6.77. The molecule has 3 rings (SSSR count). The van der Waals surface area contributed by atoms with Crippen molar-refractivity contribution in [3.8, 4) is 0 Å². The van der Waals surface area contributed by atoms with Gasteiger partial charge in [-0.3, -0.25) is 0 Å². The topological polar surface area (TPSA) is 54.9 Å². The van der Waals surface area contributed by atoms with Gasteiger partial charge in [0.25, 0.3) is 0 Å². The van der Waals surface area contributed by atoms with Gasteiger partial charge >= 0.3 is 0 Å². The van der Waals surface area contributed by atoms with Gasteiger partial charge in [0.05, 0.1) is 25.4 Å². The van der Waals surface area contributed by atoms with Gasteiger partial charge in [0, 0.05) is 19.7 Å². The number of nitrogens with one attached hydrogen (secondary N) is 2. The quantitative estimate of drug-likeness (QED) is 0.497. The van der Waals surface area contributed by atoms with E-state index < -0.39 is 0 Å². The molecule has 0 aliphatic carbocycles. The first-order valence-electron chi connectivity index (χ1n) is 10.5. The second-order valence-electron chi connectivity index (χ2n) is 7.70. The monoisotopic (exact) mass is 395 g/mol. The molecule has 2 aromatic carbocycles. The minimum atomic E-state index is -0.0978. The second kappa shape index (κ2) is 11.0. The minimum Gasteiger partial charge on any atom is -0.373 e. The smallest absolute Gasteiger partial charge is 0.191 e. The van der Waals surface area contributed by atoms with Crippen LogP contribution in [0.4, 0.5) is 0 Å². The standard InChI is InChI=1S/C24H33N3O2/c1-3-25-23(27-19-24(2)14-9-15-29-24)26-16-21-12-7-8-13-22(21)18-28-17-20-10-5-4-6-11-20/h4-8,10-13H,3,9,14-19H2,1-2H3,(H2,25,26,27). The molecule has 0 spiro atoms. The predicted octanol–water partition coefficient (Wildman–Crippen LogP) is 4.03. The highest BCUT2D eigenvalue weighted by molar-refractivity contribution is 5.79. The van der Waals surface area contributed by atoms with Gasteiger partial charge in [-0.25, -0.2) is 4.99 Å². The van der Waals surface area contributed by atoms with E-state index in [-0.39, 0.29) is 5.60 Å². The number of aliphatic imine (C=N–C) groups is 1. The highest BCUT2D eigenvalue weighted by Gasteiger charge is 2.29. The average Bonchev–Trinajstić information content (AvgIpc) is 3.18. The summed E-state index contributed by atoms with van der Waals surface area (Å²) < 4.78 is 11.8. The number of rotatable bonds is 9. The van der Waals surface area contributed by atoms with Crippen LogP contribution in [-0.4, -0.2) is 31.3 Å². The van der Waals surface area contributed by atoms with E-state index in [1.54, 1.807) is 0 Å². The van der Waals surface area contributed by atoms with Crippen LogP contribution >= 0.6 is 0 Å². The maximum absolute atomic E-state index is 5.93. The molecular formula is C24H33N3O2. The molecule has 1 aliphatic rings. The van der Waals surface area contributed by atoms with Crippen molar-refractivity contribution < 1.29 is 9.47 Å². The number of hydrogen-bond acceptors (Lipinski definition) is 3. The SMILES string of the molecule is CCNC(=NCc1ccccc1COCc1ccccc1)NCC1(C)CCCO1. The molecule has 1 atom stereocenters. The molecule has 1 fully saturated rings. The molecule has 1 heterocycles. The highest BCUT2D eigenvalue weighted by atomic mass is 16.5. The Morgan fingerprint density at radius 1 is 1.03 bits per heavy atom. The maximum atomic E-state index is 5.93. The van der Waals surface area contributed by atoms with Crippen molar-refractivity contribution in [3.63, 3.8) is 0 Å². The molecule has 0 radical (unpaired) electrons. The van der Waals surface area contributed by atoms with Crippen LogP contribution < -0.4 is 10.6 Å². The van der Waals surface area contributed by atoms with Gasteiger partial charge in [-0.1, -0.05) is 54.6 Å². The first-order chi connectivity index (χ1) is 14.2. The Morgan fingerprint density at radius 2 is 1.79 bits per heavy atom. The lowest BCUT2D eigenvalue weighted by Gasteiger charge is -2.24. The second-order valence-corrected chi connectivity index (χ2v) is 7.70. The van der Waals surface area contributed by atoms with Gasteiger partial charge in [0.15, 0.2) is 5.96 Å². The average molecular weight is 396 g/mol. The Balaban J connectivity index is 1.57. The van der Waals surface area contributed by atoms with E-state index >= 15 is 0 Å². The maximum Gasteiger partial charge on any atom is 0.191 e. The molecule has 0 saturated carbocycles. The molecule has 1 saturated heterocycles. The molecule has 156 valence electrons. The summed E-state index contributed by atoms with van der Waals surface area (Å²) in [4.78, 5) is 4.79. The van der Waals surface area contributed by atoms with Crippen LogP contribution in [0.1, 0.15) is 43.4 Å². The lowest BCUT2D eigenvalue weighted by Crippen LogP contribution is -2.45. The van der Waals surface area contributed by atoms with Crippen LogP contribution in [0.3, 0.4) is 0 Å². The highest BCUT2D eigenvalue weighted by Crippen LogP contribution is 2.23. The van der Waals surface area contributed by atoms with Crippen molar-refractivity contribution in [3.05, 3.63) is 71.3 Å². The Bertz CT molecular complexity index is 771. The lowest BCUT2D eigenvalue weighted by molar-refractivity contribution is 0.0243. The third-order valence-electron chi connectivity index (χ3n) is 5.17. The van der Waals surface area contributed by atoms with Crippen molar-refractivity contribution >= 4 is 5.96 Å². The molecule has 0 aromatic heterocycles. The van der Waals surface area contributed by atoms with E-state index in [2.05, 4.69) is 60.9 Å². The molecular weight excluding hydrogens is 362 g/mol. The number of benzene rings is 2. The molecule has 5 nitrogen and oxygen atoms in total. The fourth-order valence-corrected chi connectivity index (χ4v) is 3.46. The van der Waals surface area contributed by atoms with Crippen LogP contribution in [-0.2, 0) is 29.2 Å². The molecule has 0 bridgehead atoms. The van der Waals surface area contributed by atoms with Crippen LogP contribution in [0.5, 0.6) is 0 Å². The van der Waals surface area contributed by atoms with E-state index in [9.17, 15) is 0 Å². The first kappa shape index (κ1) is 21.3. The van der Waals surface area contributed by atoms with Gasteiger partial charge in [-0.2, -0.15) is 0 Å². The van der Waals surface area contributed by atoms with E-state index in [0.717, 1.165) is 38.5 Å². The lowest BCUT2D eigenvalue weighted by atomic mass is 10.0.